The first-order valence-electron chi connectivity index (χ1n) is 6.66. The molecule has 110 valence electrons. The lowest BCUT2D eigenvalue weighted by Gasteiger charge is -2.15. The van der Waals surface area contributed by atoms with Gasteiger partial charge in [0.2, 0.25) is 5.91 Å². The standard InChI is InChI=1S/C15H21NO4/c1-11(2)20-9-8-14(17)16-13(15(18)19)10-12-6-4-3-5-7-12/h3-7,11,13H,8-10H2,1-2H3,(H,16,17)(H,18,19)/t13-/m0/s1. The molecule has 0 heterocycles. The zero-order chi connectivity index (χ0) is 15.0. The van der Waals surface area contributed by atoms with Crippen molar-refractivity contribution in [2.24, 2.45) is 0 Å². The molecular formula is C15H21NO4. The third-order valence-corrected chi connectivity index (χ3v) is 2.70. The van der Waals surface area contributed by atoms with Gasteiger partial charge in [-0.25, -0.2) is 4.79 Å². The molecule has 0 saturated carbocycles. The Bertz CT molecular complexity index is 431. The lowest BCUT2D eigenvalue weighted by Crippen LogP contribution is -2.42. The van der Waals surface area contributed by atoms with Crippen LogP contribution < -0.4 is 5.32 Å². The first-order valence-corrected chi connectivity index (χ1v) is 6.66. The summed E-state index contributed by atoms with van der Waals surface area (Å²) in [5.74, 6) is -1.35. The van der Waals surface area contributed by atoms with Crippen molar-refractivity contribution in [1.82, 2.24) is 5.32 Å². The number of carboxylic acids is 1. The number of ether oxygens (including phenoxy) is 1. The summed E-state index contributed by atoms with van der Waals surface area (Å²) in [6, 6.07) is 8.30. The Balaban J connectivity index is 2.47. The molecule has 0 aliphatic carbocycles. The van der Waals surface area contributed by atoms with Crippen molar-refractivity contribution in [3.63, 3.8) is 0 Å². The van der Waals surface area contributed by atoms with Crippen LogP contribution in [-0.4, -0.2) is 35.7 Å². The molecule has 1 rings (SSSR count). The maximum atomic E-state index is 11.7. The van der Waals surface area contributed by atoms with Crippen molar-refractivity contribution in [3.05, 3.63) is 35.9 Å². The topological polar surface area (TPSA) is 75.6 Å². The summed E-state index contributed by atoms with van der Waals surface area (Å²) in [5, 5.41) is 11.7. The molecule has 0 saturated heterocycles. The summed E-state index contributed by atoms with van der Waals surface area (Å²) in [6.07, 6.45) is 0.492. The minimum atomic E-state index is -1.04. The van der Waals surface area contributed by atoms with Crippen LogP contribution in [0.15, 0.2) is 30.3 Å². The summed E-state index contributed by atoms with van der Waals surface area (Å²) < 4.78 is 5.26. The van der Waals surface area contributed by atoms with Gasteiger partial charge in [0.25, 0.3) is 0 Å². The third kappa shape index (κ3) is 6.33. The van der Waals surface area contributed by atoms with Crippen molar-refractivity contribution in [1.29, 1.82) is 0 Å². The van der Waals surface area contributed by atoms with Gasteiger partial charge < -0.3 is 15.2 Å². The Morgan fingerprint density at radius 3 is 2.45 bits per heavy atom. The fourth-order valence-electron chi connectivity index (χ4n) is 1.70. The molecule has 0 spiro atoms. The van der Waals surface area contributed by atoms with Crippen LogP contribution in [0.3, 0.4) is 0 Å². The lowest BCUT2D eigenvalue weighted by molar-refractivity contribution is -0.142. The number of hydrogen-bond donors (Lipinski definition) is 2. The molecule has 1 aromatic carbocycles. The predicted molar refractivity (Wildman–Crippen MR) is 75.4 cm³/mol. The maximum absolute atomic E-state index is 11.7. The number of carboxylic acid groups (broad SMARTS) is 1. The molecule has 0 fully saturated rings. The minimum Gasteiger partial charge on any atom is -0.480 e. The van der Waals surface area contributed by atoms with E-state index in [2.05, 4.69) is 5.32 Å². The Kier molecular flexibility index (Phi) is 6.73. The second kappa shape index (κ2) is 8.32. The van der Waals surface area contributed by atoms with E-state index >= 15 is 0 Å². The fourth-order valence-corrected chi connectivity index (χ4v) is 1.70. The summed E-state index contributed by atoms with van der Waals surface area (Å²) in [5.41, 5.74) is 0.874. The second-order valence-corrected chi connectivity index (χ2v) is 4.82. The highest BCUT2D eigenvalue weighted by molar-refractivity contribution is 5.83. The number of nitrogens with one attached hydrogen (secondary N) is 1. The molecule has 0 aliphatic heterocycles. The van der Waals surface area contributed by atoms with Gasteiger partial charge in [0, 0.05) is 12.8 Å². The van der Waals surface area contributed by atoms with Crippen LogP contribution in [-0.2, 0) is 20.7 Å². The number of rotatable bonds is 8. The largest absolute Gasteiger partial charge is 0.480 e. The van der Waals surface area contributed by atoms with E-state index in [1.807, 2.05) is 44.2 Å². The smallest absolute Gasteiger partial charge is 0.326 e. The van der Waals surface area contributed by atoms with Gasteiger partial charge in [-0.1, -0.05) is 30.3 Å². The fraction of sp³-hybridized carbons (Fsp3) is 0.467. The summed E-state index contributed by atoms with van der Waals surface area (Å²) in [7, 11) is 0. The van der Waals surface area contributed by atoms with Gasteiger partial charge in [-0.15, -0.1) is 0 Å². The number of benzene rings is 1. The molecule has 1 aromatic rings. The van der Waals surface area contributed by atoms with E-state index in [1.165, 1.54) is 0 Å². The quantitative estimate of drug-likeness (QED) is 0.758. The van der Waals surface area contributed by atoms with E-state index in [0.29, 0.717) is 6.61 Å². The Hall–Kier alpha value is -1.88. The first-order chi connectivity index (χ1) is 9.49. The highest BCUT2D eigenvalue weighted by Gasteiger charge is 2.20. The average molecular weight is 279 g/mol. The third-order valence-electron chi connectivity index (χ3n) is 2.70. The molecule has 0 radical (unpaired) electrons. The normalized spacial score (nSPS) is 12.2. The predicted octanol–water partition coefficient (Wildman–Crippen LogP) is 1.61. The van der Waals surface area contributed by atoms with Gasteiger partial charge in [-0.3, -0.25) is 4.79 Å². The van der Waals surface area contributed by atoms with E-state index < -0.39 is 12.0 Å². The van der Waals surface area contributed by atoms with Crippen LogP contribution in [0.2, 0.25) is 0 Å². The second-order valence-electron chi connectivity index (χ2n) is 4.82. The number of carbonyl (C=O) groups excluding carboxylic acids is 1. The van der Waals surface area contributed by atoms with E-state index in [-0.39, 0.29) is 24.9 Å². The Morgan fingerprint density at radius 1 is 1.25 bits per heavy atom. The van der Waals surface area contributed by atoms with Crippen molar-refractivity contribution in [3.8, 4) is 0 Å². The van der Waals surface area contributed by atoms with Crippen LogP contribution in [0.4, 0.5) is 0 Å². The van der Waals surface area contributed by atoms with Gasteiger partial charge >= 0.3 is 5.97 Å². The number of aliphatic carboxylic acids is 1. The molecule has 5 heteroatoms. The molecule has 1 amide bonds. The lowest BCUT2D eigenvalue weighted by atomic mass is 10.1. The molecule has 0 bridgehead atoms. The SMILES string of the molecule is CC(C)OCCC(=O)N[C@@H](Cc1ccccc1)C(=O)O. The zero-order valence-corrected chi connectivity index (χ0v) is 11.8. The van der Waals surface area contributed by atoms with Crippen molar-refractivity contribution >= 4 is 11.9 Å². The van der Waals surface area contributed by atoms with E-state index in [4.69, 9.17) is 9.84 Å². The van der Waals surface area contributed by atoms with Crippen molar-refractivity contribution in [2.45, 2.75) is 38.8 Å². The molecular weight excluding hydrogens is 258 g/mol. The Morgan fingerprint density at radius 2 is 1.90 bits per heavy atom. The summed E-state index contributed by atoms with van der Waals surface area (Å²) in [4.78, 5) is 22.9. The summed E-state index contributed by atoms with van der Waals surface area (Å²) >= 11 is 0. The van der Waals surface area contributed by atoms with E-state index in [1.54, 1.807) is 0 Å². The van der Waals surface area contributed by atoms with Gasteiger partial charge in [-0.2, -0.15) is 0 Å². The van der Waals surface area contributed by atoms with Crippen LogP contribution in [0.1, 0.15) is 25.8 Å². The van der Waals surface area contributed by atoms with Gasteiger partial charge in [0.05, 0.1) is 12.7 Å². The van der Waals surface area contributed by atoms with Gasteiger partial charge in [-0.05, 0) is 19.4 Å². The molecule has 0 unspecified atom stereocenters. The van der Waals surface area contributed by atoms with Crippen molar-refractivity contribution in [2.75, 3.05) is 6.61 Å². The van der Waals surface area contributed by atoms with Crippen molar-refractivity contribution < 1.29 is 19.4 Å². The number of amides is 1. The highest BCUT2D eigenvalue weighted by Crippen LogP contribution is 2.04. The minimum absolute atomic E-state index is 0.0578. The molecule has 2 N–H and O–H groups in total. The van der Waals surface area contributed by atoms with Crippen LogP contribution in [0.5, 0.6) is 0 Å². The Labute approximate surface area is 118 Å². The zero-order valence-electron chi connectivity index (χ0n) is 11.8. The monoisotopic (exact) mass is 279 g/mol. The number of hydrogen-bond acceptors (Lipinski definition) is 3. The molecule has 0 aliphatic rings. The highest BCUT2D eigenvalue weighted by atomic mass is 16.5. The molecule has 5 nitrogen and oxygen atoms in total. The first kappa shape index (κ1) is 16.2. The van der Waals surface area contributed by atoms with Crippen LogP contribution in [0.25, 0.3) is 0 Å². The maximum Gasteiger partial charge on any atom is 0.326 e. The summed E-state index contributed by atoms with van der Waals surface area (Å²) in [6.45, 7) is 4.06. The van der Waals surface area contributed by atoms with Gasteiger partial charge in [0.15, 0.2) is 0 Å². The molecule has 1 atom stereocenters. The van der Waals surface area contributed by atoms with E-state index in [0.717, 1.165) is 5.56 Å². The van der Waals surface area contributed by atoms with Crippen LogP contribution in [0, 0.1) is 0 Å². The van der Waals surface area contributed by atoms with Gasteiger partial charge in [0.1, 0.15) is 6.04 Å². The average Bonchev–Trinajstić information content (AvgIpc) is 2.38. The van der Waals surface area contributed by atoms with Crippen LogP contribution >= 0.6 is 0 Å². The number of carbonyl (C=O) groups is 2. The molecule has 20 heavy (non-hydrogen) atoms. The van der Waals surface area contributed by atoms with E-state index in [9.17, 15) is 9.59 Å². The molecule has 0 aromatic heterocycles.